The van der Waals surface area contributed by atoms with E-state index in [4.69, 9.17) is 4.74 Å². The van der Waals surface area contributed by atoms with Crippen molar-refractivity contribution in [2.45, 2.75) is 18.9 Å². The fraction of sp³-hybridized carbons (Fsp3) is 0.818. The zero-order valence-corrected chi connectivity index (χ0v) is 9.91. The fourth-order valence-electron chi connectivity index (χ4n) is 1.71. The van der Waals surface area contributed by atoms with Crippen molar-refractivity contribution in [3.63, 3.8) is 0 Å². The Morgan fingerprint density at radius 2 is 1.88 bits per heavy atom. The molecule has 96 valence electrons. The molecule has 1 aliphatic heterocycles. The highest BCUT2D eigenvalue weighted by Crippen LogP contribution is 2.18. The predicted molar refractivity (Wildman–Crippen MR) is 61.4 cm³/mol. The standard InChI is InChI=1S/C11H19N3O3/c15-10(13-9-1-2-9)7-12-8-11(16)14-3-5-17-6-4-14/h9,12H,1-8H2,(H,13,15). The molecule has 6 heteroatoms. The van der Waals surface area contributed by atoms with Crippen molar-refractivity contribution in [2.75, 3.05) is 39.4 Å². The maximum absolute atomic E-state index is 11.7. The molecule has 0 bridgehead atoms. The molecule has 2 N–H and O–H groups in total. The van der Waals surface area contributed by atoms with Gasteiger partial charge in [0.1, 0.15) is 0 Å². The Morgan fingerprint density at radius 3 is 2.53 bits per heavy atom. The van der Waals surface area contributed by atoms with Gasteiger partial charge in [0.15, 0.2) is 0 Å². The van der Waals surface area contributed by atoms with Crippen molar-refractivity contribution in [1.82, 2.24) is 15.5 Å². The number of amides is 2. The summed E-state index contributed by atoms with van der Waals surface area (Å²) in [6.07, 6.45) is 2.16. The predicted octanol–water partition coefficient (Wildman–Crippen LogP) is -1.29. The lowest BCUT2D eigenvalue weighted by atomic mass is 10.4. The summed E-state index contributed by atoms with van der Waals surface area (Å²) in [5, 5.41) is 5.73. The van der Waals surface area contributed by atoms with Crippen LogP contribution in [0.2, 0.25) is 0 Å². The van der Waals surface area contributed by atoms with Crippen LogP contribution >= 0.6 is 0 Å². The second-order valence-electron chi connectivity index (χ2n) is 4.44. The molecule has 0 atom stereocenters. The van der Waals surface area contributed by atoms with Crippen molar-refractivity contribution >= 4 is 11.8 Å². The van der Waals surface area contributed by atoms with Crippen molar-refractivity contribution in [2.24, 2.45) is 0 Å². The summed E-state index contributed by atoms with van der Waals surface area (Å²) in [5.41, 5.74) is 0. The second kappa shape index (κ2) is 5.97. The van der Waals surface area contributed by atoms with Gasteiger partial charge in [0, 0.05) is 19.1 Å². The molecule has 2 amide bonds. The van der Waals surface area contributed by atoms with Crippen molar-refractivity contribution < 1.29 is 14.3 Å². The number of hydrogen-bond acceptors (Lipinski definition) is 4. The van der Waals surface area contributed by atoms with Crippen LogP contribution in [0.5, 0.6) is 0 Å². The number of hydrogen-bond donors (Lipinski definition) is 2. The largest absolute Gasteiger partial charge is 0.378 e. The third-order valence-electron chi connectivity index (χ3n) is 2.87. The van der Waals surface area contributed by atoms with Gasteiger partial charge in [0.05, 0.1) is 26.3 Å². The highest BCUT2D eigenvalue weighted by Gasteiger charge is 2.23. The van der Waals surface area contributed by atoms with E-state index in [0.717, 1.165) is 12.8 Å². The lowest BCUT2D eigenvalue weighted by Gasteiger charge is -2.26. The lowest BCUT2D eigenvalue weighted by molar-refractivity contribution is -0.134. The molecule has 1 aliphatic carbocycles. The first kappa shape index (κ1) is 12.3. The van der Waals surface area contributed by atoms with Crippen LogP contribution in [0.1, 0.15) is 12.8 Å². The van der Waals surface area contributed by atoms with E-state index in [1.54, 1.807) is 4.90 Å². The molecule has 0 aromatic carbocycles. The first-order valence-electron chi connectivity index (χ1n) is 6.11. The molecule has 17 heavy (non-hydrogen) atoms. The molecular weight excluding hydrogens is 222 g/mol. The molecule has 1 saturated heterocycles. The molecule has 0 aromatic rings. The van der Waals surface area contributed by atoms with E-state index in [9.17, 15) is 9.59 Å². The van der Waals surface area contributed by atoms with Crippen molar-refractivity contribution in [3.05, 3.63) is 0 Å². The molecule has 0 radical (unpaired) electrons. The first-order chi connectivity index (χ1) is 8.25. The number of carbonyl (C=O) groups is 2. The summed E-state index contributed by atoms with van der Waals surface area (Å²) >= 11 is 0. The van der Waals surface area contributed by atoms with E-state index < -0.39 is 0 Å². The number of nitrogens with one attached hydrogen (secondary N) is 2. The summed E-state index contributed by atoms with van der Waals surface area (Å²) in [4.78, 5) is 24.8. The zero-order chi connectivity index (χ0) is 12.1. The molecule has 6 nitrogen and oxygen atoms in total. The van der Waals surface area contributed by atoms with E-state index >= 15 is 0 Å². The van der Waals surface area contributed by atoms with Crippen molar-refractivity contribution in [1.29, 1.82) is 0 Å². The fourth-order valence-corrected chi connectivity index (χ4v) is 1.71. The molecular formula is C11H19N3O3. The van der Waals surface area contributed by atoms with E-state index in [-0.39, 0.29) is 24.9 Å². The SMILES string of the molecule is O=C(CNCC(=O)N1CCOCC1)NC1CC1. The van der Waals surface area contributed by atoms with Gasteiger partial charge >= 0.3 is 0 Å². The third kappa shape index (κ3) is 4.32. The smallest absolute Gasteiger partial charge is 0.236 e. The minimum absolute atomic E-state index is 0.0257. The van der Waals surface area contributed by atoms with Gasteiger partial charge < -0.3 is 15.0 Å². The van der Waals surface area contributed by atoms with Crippen LogP contribution in [-0.2, 0) is 14.3 Å². The topological polar surface area (TPSA) is 70.7 Å². The Balaban J connectivity index is 1.56. The normalized spacial score (nSPS) is 20.1. The summed E-state index contributed by atoms with van der Waals surface area (Å²) in [6.45, 7) is 2.94. The molecule has 1 saturated carbocycles. The Kier molecular flexibility index (Phi) is 4.33. The molecule has 2 fully saturated rings. The molecule has 0 spiro atoms. The highest BCUT2D eigenvalue weighted by molar-refractivity contribution is 5.81. The van der Waals surface area contributed by atoms with Crippen molar-refractivity contribution in [3.8, 4) is 0 Å². The summed E-state index contributed by atoms with van der Waals surface area (Å²) < 4.78 is 5.16. The summed E-state index contributed by atoms with van der Waals surface area (Å²) in [7, 11) is 0. The Hall–Kier alpha value is -1.14. The highest BCUT2D eigenvalue weighted by atomic mass is 16.5. The minimum atomic E-state index is -0.0257. The molecule has 2 aliphatic rings. The first-order valence-corrected chi connectivity index (χ1v) is 6.11. The van der Waals surface area contributed by atoms with E-state index in [1.165, 1.54) is 0 Å². The Bertz CT molecular complexity index is 286. The average Bonchev–Trinajstić information content (AvgIpc) is 3.14. The lowest BCUT2D eigenvalue weighted by Crippen LogP contribution is -2.46. The van der Waals surface area contributed by atoms with Crippen LogP contribution in [0.4, 0.5) is 0 Å². The van der Waals surface area contributed by atoms with E-state index in [0.29, 0.717) is 32.3 Å². The summed E-state index contributed by atoms with van der Waals surface area (Å²) in [6, 6.07) is 0.374. The maximum Gasteiger partial charge on any atom is 0.236 e. The summed E-state index contributed by atoms with van der Waals surface area (Å²) in [5.74, 6) is 0.00907. The van der Waals surface area contributed by atoms with Crippen LogP contribution in [0.25, 0.3) is 0 Å². The van der Waals surface area contributed by atoms with Crippen LogP contribution in [0.15, 0.2) is 0 Å². The van der Waals surface area contributed by atoms with E-state index in [2.05, 4.69) is 10.6 Å². The molecule has 0 unspecified atom stereocenters. The van der Waals surface area contributed by atoms with Gasteiger partial charge in [0.2, 0.25) is 11.8 Å². The van der Waals surface area contributed by atoms with Gasteiger partial charge in [-0.1, -0.05) is 0 Å². The second-order valence-corrected chi connectivity index (χ2v) is 4.44. The average molecular weight is 241 g/mol. The maximum atomic E-state index is 11.7. The van der Waals surface area contributed by atoms with Crippen LogP contribution in [-0.4, -0.2) is 62.1 Å². The molecule has 1 heterocycles. The molecule has 0 aromatic heterocycles. The number of nitrogens with zero attached hydrogens (tertiary/aromatic N) is 1. The number of rotatable bonds is 5. The van der Waals surface area contributed by atoms with Gasteiger partial charge in [-0.15, -0.1) is 0 Å². The van der Waals surface area contributed by atoms with Gasteiger partial charge in [-0.25, -0.2) is 0 Å². The monoisotopic (exact) mass is 241 g/mol. The number of ether oxygens (including phenoxy) is 1. The zero-order valence-electron chi connectivity index (χ0n) is 9.91. The van der Waals surface area contributed by atoms with Crippen LogP contribution in [0, 0.1) is 0 Å². The number of morpholine rings is 1. The van der Waals surface area contributed by atoms with Crippen LogP contribution < -0.4 is 10.6 Å². The van der Waals surface area contributed by atoms with Gasteiger partial charge in [0.25, 0.3) is 0 Å². The Morgan fingerprint density at radius 1 is 1.18 bits per heavy atom. The van der Waals surface area contributed by atoms with Gasteiger partial charge in [-0.3, -0.25) is 14.9 Å². The quantitative estimate of drug-likeness (QED) is 0.628. The van der Waals surface area contributed by atoms with Gasteiger partial charge in [-0.2, -0.15) is 0 Å². The van der Waals surface area contributed by atoms with Gasteiger partial charge in [-0.05, 0) is 12.8 Å². The molecule has 2 rings (SSSR count). The minimum Gasteiger partial charge on any atom is -0.378 e. The Labute approximate surface area is 101 Å². The number of carbonyl (C=O) groups excluding carboxylic acids is 2. The van der Waals surface area contributed by atoms with E-state index in [1.807, 2.05) is 0 Å². The van der Waals surface area contributed by atoms with Crippen LogP contribution in [0.3, 0.4) is 0 Å². The third-order valence-corrected chi connectivity index (χ3v) is 2.87.